The maximum atomic E-state index is 13.3. The molecule has 0 unspecified atom stereocenters. The van der Waals surface area contributed by atoms with Crippen LogP contribution in [0.3, 0.4) is 0 Å². The van der Waals surface area contributed by atoms with E-state index in [1.165, 1.54) is 11.3 Å². The number of thiophene rings is 1. The van der Waals surface area contributed by atoms with Crippen molar-refractivity contribution < 1.29 is 9.53 Å². The highest BCUT2D eigenvalue weighted by molar-refractivity contribution is 7.11. The zero-order valence-electron chi connectivity index (χ0n) is 15.4. The van der Waals surface area contributed by atoms with Crippen LogP contribution in [0.1, 0.15) is 30.3 Å². The Balaban J connectivity index is 1.97. The molecule has 0 bridgehead atoms. The van der Waals surface area contributed by atoms with E-state index < -0.39 is 12.0 Å². The first-order valence-corrected chi connectivity index (χ1v) is 10.6. The van der Waals surface area contributed by atoms with Crippen molar-refractivity contribution in [2.45, 2.75) is 19.9 Å². The largest absolute Gasteiger partial charge is 0.463 e. The van der Waals surface area contributed by atoms with Gasteiger partial charge in [0.2, 0.25) is 0 Å². The zero-order valence-corrected chi connectivity index (χ0v) is 17.0. The summed E-state index contributed by atoms with van der Waals surface area (Å²) in [7, 11) is 0. The van der Waals surface area contributed by atoms with Gasteiger partial charge in [-0.05, 0) is 36.9 Å². The number of esters is 1. The zero-order chi connectivity index (χ0) is 19.7. The number of allylic oxidation sites excluding steroid dienone is 1. The number of nitrogens with zero attached hydrogens (tertiary/aromatic N) is 2. The topological polar surface area (TPSA) is 60.7 Å². The van der Waals surface area contributed by atoms with E-state index in [2.05, 4.69) is 4.99 Å². The van der Waals surface area contributed by atoms with Crippen LogP contribution in [-0.4, -0.2) is 17.1 Å². The average Bonchev–Trinajstić information content (AvgIpc) is 3.30. The van der Waals surface area contributed by atoms with Crippen molar-refractivity contribution in [2.24, 2.45) is 4.99 Å². The Labute approximate surface area is 169 Å². The van der Waals surface area contributed by atoms with E-state index in [1.807, 2.05) is 53.9 Å². The van der Waals surface area contributed by atoms with Crippen molar-refractivity contribution in [3.8, 4) is 0 Å². The van der Waals surface area contributed by atoms with Crippen LogP contribution in [-0.2, 0) is 9.53 Å². The van der Waals surface area contributed by atoms with Crippen LogP contribution in [0.15, 0.2) is 68.9 Å². The second kappa shape index (κ2) is 7.69. The van der Waals surface area contributed by atoms with Gasteiger partial charge in [0, 0.05) is 4.88 Å². The van der Waals surface area contributed by atoms with Crippen molar-refractivity contribution in [3.05, 3.63) is 89.2 Å². The SMILES string of the molecule is CCOC(=O)C1=C(C)N=c2s/c(=C\c3cccs3)c(=O)n2[C@@H]1c1ccccc1. The highest BCUT2D eigenvalue weighted by Gasteiger charge is 2.33. The molecule has 28 heavy (non-hydrogen) atoms. The predicted octanol–water partition coefficient (Wildman–Crippen LogP) is 2.86. The third-order valence-electron chi connectivity index (χ3n) is 4.45. The third-order valence-corrected chi connectivity index (χ3v) is 6.25. The second-order valence-corrected chi connectivity index (χ2v) is 8.22. The number of carbonyl (C=O) groups is 1. The molecule has 0 fully saturated rings. The molecule has 2 aromatic heterocycles. The maximum absolute atomic E-state index is 13.3. The third kappa shape index (κ3) is 3.27. The van der Waals surface area contributed by atoms with E-state index in [0.29, 0.717) is 20.6 Å². The molecule has 0 aliphatic carbocycles. The van der Waals surface area contributed by atoms with Gasteiger partial charge in [-0.1, -0.05) is 47.7 Å². The number of hydrogen-bond acceptors (Lipinski definition) is 6. The molecule has 7 heteroatoms. The quantitative estimate of drug-likeness (QED) is 0.622. The molecule has 0 N–H and O–H groups in total. The van der Waals surface area contributed by atoms with Crippen LogP contribution >= 0.6 is 22.7 Å². The fraction of sp³-hybridized carbons (Fsp3) is 0.190. The average molecular weight is 411 g/mol. The van der Waals surface area contributed by atoms with Crippen LogP contribution in [0.2, 0.25) is 0 Å². The Kier molecular flexibility index (Phi) is 5.11. The van der Waals surface area contributed by atoms with Crippen molar-refractivity contribution in [3.63, 3.8) is 0 Å². The molecule has 5 nitrogen and oxygen atoms in total. The molecule has 0 saturated carbocycles. The van der Waals surface area contributed by atoms with Gasteiger partial charge in [0.25, 0.3) is 5.56 Å². The van der Waals surface area contributed by atoms with Gasteiger partial charge in [-0.15, -0.1) is 11.3 Å². The van der Waals surface area contributed by atoms with Crippen LogP contribution in [0.25, 0.3) is 6.08 Å². The Hall–Kier alpha value is -2.77. The Morgan fingerprint density at radius 2 is 2.04 bits per heavy atom. The Morgan fingerprint density at radius 1 is 1.25 bits per heavy atom. The number of fused-ring (bicyclic) bond motifs is 1. The monoisotopic (exact) mass is 410 g/mol. The molecular formula is C21H18N2O3S2. The van der Waals surface area contributed by atoms with Gasteiger partial charge in [-0.25, -0.2) is 9.79 Å². The predicted molar refractivity (Wildman–Crippen MR) is 111 cm³/mol. The van der Waals surface area contributed by atoms with Gasteiger partial charge in [0.1, 0.15) is 0 Å². The van der Waals surface area contributed by atoms with Crippen molar-refractivity contribution in [2.75, 3.05) is 6.61 Å². The van der Waals surface area contributed by atoms with Crippen LogP contribution in [0, 0.1) is 0 Å². The second-order valence-electron chi connectivity index (χ2n) is 6.23. The van der Waals surface area contributed by atoms with Gasteiger partial charge in [0.15, 0.2) is 4.80 Å². The minimum atomic E-state index is -0.554. The summed E-state index contributed by atoms with van der Waals surface area (Å²) < 4.78 is 7.48. The van der Waals surface area contributed by atoms with Gasteiger partial charge in [-0.3, -0.25) is 9.36 Å². The van der Waals surface area contributed by atoms with Gasteiger partial charge >= 0.3 is 5.97 Å². The first-order valence-electron chi connectivity index (χ1n) is 8.88. The van der Waals surface area contributed by atoms with Crippen molar-refractivity contribution in [1.29, 1.82) is 0 Å². The number of ether oxygens (including phenoxy) is 1. The van der Waals surface area contributed by atoms with E-state index >= 15 is 0 Å². The molecule has 3 heterocycles. The van der Waals surface area contributed by atoms with Crippen molar-refractivity contribution >= 4 is 34.7 Å². The highest BCUT2D eigenvalue weighted by Crippen LogP contribution is 2.30. The molecule has 1 aliphatic heterocycles. The standard InChI is InChI=1S/C21H18N2O3S2/c1-3-26-20(25)17-13(2)22-21-23(18(17)14-8-5-4-6-9-14)19(24)16(28-21)12-15-10-7-11-27-15/h4-12,18H,3H2,1-2H3/b16-12-/t18-/m1/s1. The van der Waals surface area contributed by atoms with Gasteiger partial charge < -0.3 is 4.74 Å². The Bertz CT molecular complexity index is 1220. The summed E-state index contributed by atoms with van der Waals surface area (Å²) in [5.41, 5.74) is 1.68. The van der Waals surface area contributed by atoms with E-state index in [0.717, 1.165) is 10.4 Å². The molecule has 3 aromatic rings. The minimum Gasteiger partial charge on any atom is -0.463 e. The number of hydrogen-bond donors (Lipinski definition) is 0. The first kappa shape index (κ1) is 18.6. The fourth-order valence-corrected chi connectivity index (χ4v) is 5.01. The van der Waals surface area contributed by atoms with E-state index in [9.17, 15) is 9.59 Å². The molecule has 0 spiro atoms. The lowest BCUT2D eigenvalue weighted by Gasteiger charge is -2.24. The lowest BCUT2D eigenvalue weighted by atomic mass is 9.96. The lowest BCUT2D eigenvalue weighted by molar-refractivity contribution is -0.139. The molecule has 1 aromatic carbocycles. The number of aromatic nitrogens is 1. The maximum Gasteiger partial charge on any atom is 0.338 e. The molecule has 1 aliphatic rings. The summed E-state index contributed by atoms with van der Waals surface area (Å²) in [5.74, 6) is -0.440. The van der Waals surface area contributed by atoms with Gasteiger partial charge in [0.05, 0.1) is 28.5 Å². The lowest BCUT2D eigenvalue weighted by Crippen LogP contribution is -2.39. The normalized spacial score (nSPS) is 16.6. The molecule has 0 amide bonds. The van der Waals surface area contributed by atoms with Crippen LogP contribution in [0.4, 0.5) is 0 Å². The molecule has 142 valence electrons. The van der Waals surface area contributed by atoms with Crippen LogP contribution < -0.4 is 14.9 Å². The molecule has 0 radical (unpaired) electrons. The number of thiazole rings is 1. The summed E-state index contributed by atoms with van der Waals surface area (Å²) >= 11 is 2.91. The molecule has 4 rings (SSSR count). The van der Waals surface area contributed by atoms with E-state index in [-0.39, 0.29) is 12.2 Å². The highest BCUT2D eigenvalue weighted by atomic mass is 32.1. The smallest absolute Gasteiger partial charge is 0.338 e. The van der Waals surface area contributed by atoms with E-state index in [1.54, 1.807) is 29.8 Å². The first-order chi connectivity index (χ1) is 13.6. The molecule has 1 atom stereocenters. The van der Waals surface area contributed by atoms with Crippen molar-refractivity contribution in [1.82, 2.24) is 4.57 Å². The Morgan fingerprint density at radius 3 is 2.71 bits per heavy atom. The molecule has 0 saturated heterocycles. The summed E-state index contributed by atoms with van der Waals surface area (Å²) in [6.07, 6.45) is 1.87. The number of carbonyl (C=O) groups excluding carboxylic acids is 1. The van der Waals surface area contributed by atoms with E-state index in [4.69, 9.17) is 4.74 Å². The summed E-state index contributed by atoms with van der Waals surface area (Å²) in [6.45, 7) is 3.82. The van der Waals surface area contributed by atoms with Gasteiger partial charge in [-0.2, -0.15) is 0 Å². The fourth-order valence-electron chi connectivity index (χ4n) is 3.24. The minimum absolute atomic E-state index is 0.152. The summed E-state index contributed by atoms with van der Waals surface area (Å²) in [4.78, 5) is 32.1. The molecular weight excluding hydrogens is 392 g/mol. The van der Waals surface area contributed by atoms with Crippen LogP contribution in [0.5, 0.6) is 0 Å². The number of rotatable bonds is 4. The number of benzene rings is 1. The summed E-state index contributed by atoms with van der Waals surface area (Å²) in [6, 6.07) is 12.9. The summed E-state index contributed by atoms with van der Waals surface area (Å²) in [5, 5.41) is 1.97.